The maximum Gasteiger partial charge on any atom is 0.232 e. The number of nitrogens with one attached hydrogen (secondary N) is 2. The molecule has 0 fully saturated rings. The second-order valence-corrected chi connectivity index (χ2v) is 27.0. The first-order valence-corrected chi connectivity index (χ1v) is 24.6. The van der Waals surface area contributed by atoms with Crippen LogP contribution in [0.15, 0.2) is 93.4 Å². The van der Waals surface area contributed by atoms with E-state index in [1.807, 2.05) is 0 Å². The fourth-order valence-corrected chi connectivity index (χ4v) is 10.8. The molecule has 8 rings (SSSR count). The number of ketones is 4. The summed E-state index contributed by atoms with van der Waals surface area (Å²) in [6, 6.07) is 20.2. The van der Waals surface area contributed by atoms with E-state index in [0.29, 0.717) is 43.1 Å². The highest BCUT2D eigenvalue weighted by atomic mass is 32.2. The predicted octanol–water partition coefficient (Wildman–Crippen LogP) is 12.3. The number of rotatable bonds is 9. The van der Waals surface area contributed by atoms with Crippen molar-refractivity contribution in [3.63, 3.8) is 0 Å². The molecule has 6 aromatic rings. The van der Waals surface area contributed by atoms with E-state index in [1.54, 1.807) is 72.8 Å². The number of hydrogen-bond donors (Lipinski definition) is 2. The number of thioether (sulfide) groups is 4. The Hall–Kier alpha value is -5.42. The zero-order valence-electron chi connectivity index (χ0n) is 38.9. The van der Waals surface area contributed by atoms with Crippen molar-refractivity contribution in [2.24, 2.45) is 0 Å². The molecule has 0 radical (unpaired) electrons. The SMILES string of the molecule is CC(C)(C)Sc1nc(Nc2ccc(-c3ccc(Nc4nc(SC(C)(C)C)nc(SC(C)(C)C)n4)c4c3C(=O)c3ccccc3C4=O)c3c2C(=O)c2ccccc2C3=O)nc(SC(C)(C)C)n1. The van der Waals surface area contributed by atoms with Crippen molar-refractivity contribution in [1.82, 2.24) is 29.9 Å². The molecule has 2 heterocycles. The first-order valence-electron chi connectivity index (χ1n) is 21.4. The maximum absolute atomic E-state index is 14.9. The van der Waals surface area contributed by atoms with Crippen molar-refractivity contribution in [1.29, 1.82) is 0 Å². The summed E-state index contributed by atoms with van der Waals surface area (Å²) in [5.41, 5.74) is 2.50. The molecule has 2 N–H and O–H groups in total. The Morgan fingerprint density at radius 2 is 0.591 bits per heavy atom. The molecule has 4 aromatic carbocycles. The molecule has 2 aliphatic rings. The zero-order valence-corrected chi connectivity index (χ0v) is 42.1. The van der Waals surface area contributed by atoms with Gasteiger partial charge in [0.15, 0.2) is 43.8 Å². The molecule has 2 aliphatic carbocycles. The molecule has 2 aromatic heterocycles. The molecule has 0 saturated carbocycles. The fourth-order valence-electron chi connectivity index (χ4n) is 7.41. The Kier molecular flexibility index (Phi) is 12.4. The summed E-state index contributed by atoms with van der Waals surface area (Å²) in [6.07, 6.45) is 0. The van der Waals surface area contributed by atoms with Gasteiger partial charge in [-0.1, -0.05) is 191 Å². The average molecular weight is 955 g/mol. The van der Waals surface area contributed by atoms with E-state index < -0.39 is 23.1 Å². The quantitative estimate of drug-likeness (QED) is 0.131. The number of carbonyl (C=O) groups is 4. The number of nitrogens with zero attached hydrogens (tertiary/aromatic N) is 6. The van der Waals surface area contributed by atoms with Gasteiger partial charge in [-0.25, -0.2) is 0 Å². The molecular formula is C50H50N8O4S4. The molecule has 0 bridgehead atoms. The van der Waals surface area contributed by atoms with Gasteiger partial charge in [0.25, 0.3) is 0 Å². The monoisotopic (exact) mass is 954 g/mol. The standard InChI is InChI=1S/C50H50N8O4S4/c1-47(2,3)63-43-53-41(54-44(57-43)64-48(4,5)6)51-31-23-21-25(33-35(31)39(61)29-19-15-13-17-27(29)37(33)59)26-22-24-32(36-34(26)38(60)28-18-14-16-20-30(28)40(36)62)52-42-55-45(65-49(7,8)9)58-46(56-42)66-50(10,11)12/h13-24H,1-12H3,(H,51,53,54,57)(H,52,55,56,58). The normalized spacial score (nSPS) is 13.8. The molecule has 16 heteroatoms. The van der Waals surface area contributed by atoms with E-state index in [2.05, 4.69) is 93.7 Å². The molecule has 66 heavy (non-hydrogen) atoms. The van der Waals surface area contributed by atoms with Gasteiger partial charge >= 0.3 is 0 Å². The lowest BCUT2D eigenvalue weighted by atomic mass is 9.75. The molecule has 0 unspecified atom stereocenters. The van der Waals surface area contributed by atoms with E-state index in [9.17, 15) is 19.2 Å². The molecule has 0 spiro atoms. The van der Waals surface area contributed by atoms with Crippen molar-refractivity contribution in [2.45, 2.75) is 123 Å². The van der Waals surface area contributed by atoms with Gasteiger partial charge in [0.05, 0.1) is 22.5 Å². The van der Waals surface area contributed by atoms with Crippen molar-refractivity contribution >= 4 is 93.5 Å². The van der Waals surface area contributed by atoms with Crippen LogP contribution in [0.1, 0.15) is 147 Å². The van der Waals surface area contributed by atoms with Crippen LogP contribution in [0.3, 0.4) is 0 Å². The molecular weight excluding hydrogens is 905 g/mol. The molecule has 0 saturated heterocycles. The van der Waals surface area contributed by atoms with Crippen LogP contribution in [0, 0.1) is 0 Å². The Labute approximate surface area is 402 Å². The lowest BCUT2D eigenvalue weighted by Crippen LogP contribution is -2.25. The van der Waals surface area contributed by atoms with Crippen molar-refractivity contribution in [3.05, 3.63) is 117 Å². The first kappa shape index (κ1) is 47.1. The summed E-state index contributed by atoms with van der Waals surface area (Å²) in [4.78, 5) is 88.0. The minimum Gasteiger partial charge on any atom is -0.323 e. The number of benzene rings is 4. The molecule has 338 valence electrons. The average Bonchev–Trinajstić information content (AvgIpc) is 3.19. The Morgan fingerprint density at radius 3 is 0.848 bits per heavy atom. The van der Waals surface area contributed by atoms with Crippen molar-refractivity contribution < 1.29 is 19.2 Å². The van der Waals surface area contributed by atoms with Crippen LogP contribution in [0.25, 0.3) is 11.1 Å². The zero-order chi connectivity index (χ0) is 47.7. The highest BCUT2D eigenvalue weighted by molar-refractivity contribution is 8.01. The molecule has 12 nitrogen and oxygen atoms in total. The third-order valence-corrected chi connectivity index (χ3v) is 13.6. The van der Waals surface area contributed by atoms with Crippen LogP contribution in [0.2, 0.25) is 0 Å². The van der Waals surface area contributed by atoms with Gasteiger partial charge in [-0.05, 0) is 23.3 Å². The molecule has 0 amide bonds. The summed E-state index contributed by atoms with van der Waals surface area (Å²) < 4.78 is -0.863. The van der Waals surface area contributed by atoms with Gasteiger partial charge in [0.2, 0.25) is 11.9 Å². The van der Waals surface area contributed by atoms with E-state index in [4.69, 9.17) is 29.9 Å². The van der Waals surface area contributed by atoms with E-state index in [-0.39, 0.29) is 75.4 Å². The summed E-state index contributed by atoms with van der Waals surface area (Å²) in [7, 11) is 0. The lowest BCUT2D eigenvalue weighted by Gasteiger charge is -2.27. The van der Waals surface area contributed by atoms with Gasteiger partial charge in [0, 0.05) is 52.4 Å². The van der Waals surface area contributed by atoms with Crippen molar-refractivity contribution in [3.8, 4) is 11.1 Å². The Bertz CT molecular complexity index is 2750. The highest BCUT2D eigenvalue weighted by Crippen LogP contribution is 2.45. The molecule has 0 aliphatic heterocycles. The Balaban J connectivity index is 1.33. The summed E-state index contributed by atoms with van der Waals surface area (Å²) in [6.45, 7) is 24.8. The number of hydrogen-bond acceptors (Lipinski definition) is 16. The van der Waals surface area contributed by atoms with Gasteiger partial charge in [-0.2, -0.15) is 29.9 Å². The third-order valence-electron chi connectivity index (χ3n) is 9.71. The lowest BCUT2D eigenvalue weighted by molar-refractivity contribution is 0.0978. The molecule has 0 atom stereocenters. The van der Waals surface area contributed by atoms with Gasteiger partial charge in [-0.3, -0.25) is 19.2 Å². The summed E-state index contributed by atoms with van der Waals surface area (Å²) in [5, 5.41) is 8.59. The van der Waals surface area contributed by atoms with Crippen LogP contribution in [-0.4, -0.2) is 72.0 Å². The van der Waals surface area contributed by atoms with Crippen molar-refractivity contribution in [2.75, 3.05) is 10.6 Å². The van der Waals surface area contributed by atoms with E-state index in [0.717, 1.165) is 0 Å². The minimum absolute atomic E-state index is 0.0820. The number of anilines is 4. The number of fused-ring (bicyclic) bond motifs is 4. The smallest absolute Gasteiger partial charge is 0.232 e. The summed E-state index contributed by atoms with van der Waals surface area (Å²) >= 11 is 5.95. The fraction of sp³-hybridized carbons (Fsp3) is 0.320. The minimum atomic E-state index is -0.411. The first-order chi connectivity index (χ1) is 30.8. The van der Waals surface area contributed by atoms with Crippen LogP contribution >= 0.6 is 47.0 Å². The number of carbonyl (C=O) groups excluding carboxylic acids is 4. The second kappa shape index (κ2) is 17.3. The van der Waals surface area contributed by atoms with Gasteiger partial charge in [0.1, 0.15) is 0 Å². The number of aromatic nitrogens is 6. The van der Waals surface area contributed by atoms with Crippen LogP contribution in [-0.2, 0) is 0 Å². The van der Waals surface area contributed by atoms with Crippen LogP contribution < -0.4 is 10.6 Å². The second-order valence-electron chi connectivity index (χ2n) is 19.8. The van der Waals surface area contributed by atoms with Crippen LogP contribution in [0.4, 0.5) is 23.3 Å². The topological polar surface area (TPSA) is 170 Å². The largest absolute Gasteiger partial charge is 0.323 e. The van der Waals surface area contributed by atoms with Gasteiger partial charge in [-0.15, -0.1) is 0 Å². The van der Waals surface area contributed by atoms with Gasteiger partial charge < -0.3 is 10.6 Å². The predicted molar refractivity (Wildman–Crippen MR) is 267 cm³/mol. The van der Waals surface area contributed by atoms with E-state index >= 15 is 0 Å². The highest BCUT2D eigenvalue weighted by Gasteiger charge is 2.39. The van der Waals surface area contributed by atoms with Crippen LogP contribution in [0.5, 0.6) is 0 Å². The summed E-state index contributed by atoms with van der Waals surface area (Å²) in [5.74, 6) is -1.20. The third kappa shape index (κ3) is 10.1. The maximum atomic E-state index is 14.9. The Morgan fingerprint density at radius 1 is 0.333 bits per heavy atom. The van der Waals surface area contributed by atoms with E-state index in [1.165, 1.54) is 47.0 Å².